The van der Waals surface area contributed by atoms with Crippen LogP contribution in [0.25, 0.3) is 0 Å². The van der Waals surface area contributed by atoms with Crippen LogP contribution in [0.4, 0.5) is 0 Å². The van der Waals surface area contributed by atoms with Gasteiger partial charge < -0.3 is 4.84 Å². The highest BCUT2D eigenvalue weighted by Gasteiger charge is 1.93. The molecule has 0 saturated carbocycles. The van der Waals surface area contributed by atoms with E-state index in [-0.39, 0.29) is 0 Å². The summed E-state index contributed by atoms with van der Waals surface area (Å²) in [6.07, 6.45) is 3.55. The summed E-state index contributed by atoms with van der Waals surface area (Å²) in [6.45, 7) is 5.71. The fourth-order valence-corrected chi connectivity index (χ4v) is 0.861. The topological polar surface area (TPSA) is 34.1 Å². The third kappa shape index (κ3) is 4.60. The lowest BCUT2D eigenvalue weighted by Crippen LogP contribution is -2.17. The van der Waals surface area contributed by atoms with E-state index >= 15 is 0 Å². The van der Waals surface area contributed by atoms with Crippen LogP contribution in [0.15, 0.2) is 24.5 Å². The van der Waals surface area contributed by atoms with Crippen LogP contribution in [0.5, 0.6) is 0 Å². The number of rotatable bonds is 5. The molecule has 1 aromatic rings. The molecule has 3 heteroatoms. The Morgan fingerprint density at radius 1 is 1.38 bits per heavy atom. The summed E-state index contributed by atoms with van der Waals surface area (Å²) in [7, 11) is 0. The maximum atomic E-state index is 5.23. The SMILES string of the molecule is CC(C)CONCc1ccncc1. The molecule has 0 aliphatic heterocycles. The van der Waals surface area contributed by atoms with Crippen molar-refractivity contribution in [3.63, 3.8) is 0 Å². The first-order chi connectivity index (χ1) is 6.29. The minimum atomic E-state index is 0.560. The molecule has 1 N–H and O–H groups in total. The van der Waals surface area contributed by atoms with Crippen LogP contribution < -0.4 is 5.48 Å². The summed E-state index contributed by atoms with van der Waals surface area (Å²) in [4.78, 5) is 9.16. The number of nitrogens with one attached hydrogen (secondary N) is 1. The second kappa shape index (κ2) is 5.67. The molecule has 0 fully saturated rings. The summed E-state index contributed by atoms with van der Waals surface area (Å²) < 4.78 is 0. The second-order valence-corrected chi connectivity index (χ2v) is 3.38. The fraction of sp³-hybridized carbons (Fsp3) is 0.500. The fourth-order valence-electron chi connectivity index (χ4n) is 0.861. The second-order valence-electron chi connectivity index (χ2n) is 3.38. The van der Waals surface area contributed by atoms with Crippen molar-refractivity contribution in [1.82, 2.24) is 10.5 Å². The van der Waals surface area contributed by atoms with Crippen molar-refractivity contribution >= 4 is 0 Å². The van der Waals surface area contributed by atoms with Gasteiger partial charge >= 0.3 is 0 Å². The van der Waals surface area contributed by atoms with Crippen LogP contribution in [0, 0.1) is 5.92 Å². The van der Waals surface area contributed by atoms with Crippen molar-refractivity contribution in [2.75, 3.05) is 6.61 Å². The van der Waals surface area contributed by atoms with E-state index in [2.05, 4.69) is 24.3 Å². The van der Waals surface area contributed by atoms with Gasteiger partial charge in [-0.15, -0.1) is 0 Å². The minimum absolute atomic E-state index is 0.560. The largest absolute Gasteiger partial charge is 0.301 e. The summed E-state index contributed by atoms with van der Waals surface area (Å²) >= 11 is 0. The van der Waals surface area contributed by atoms with E-state index in [0.29, 0.717) is 5.92 Å². The number of hydrogen-bond donors (Lipinski definition) is 1. The van der Waals surface area contributed by atoms with E-state index in [1.807, 2.05) is 12.1 Å². The van der Waals surface area contributed by atoms with E-state index < -0.39 is 0 Å². The molecule has 13 heavy (non-hydrogen) atoms. The molecule has 0 saturated heterocycles. The predicted octanol–water partition coefficient (Wildman–Crippen LogP) is 1.76. The molecule has 3 nitrogen and oxygen atoms in total. The lowest BCUT2D eigenvalue weighted by atomic mass is 10.2. The Morgan fingerprint density at radius 2 is 2.08 bits per heavy atom. The molecular weight excluding hydrogens is 164 g/mol. The van der Waals surface area contributed by atoms with Gasteiger partial charge in [0, 0.05) is 18.9 Å². The Labute approximate surface area is 79.1 Å². The van der Waals surface area contributed by atoms with Crippen molar-refractivity contribution in [2.24, 2.45) is 5.92 Å². The van der Waals surface area contributed by atoms with Gasteiger partial charge in [-0.1, -0.05) is 13.8 Å². The number of pyridine rings is 1. The van der Waals surface area contributed by atoms with Crippen LogP contribution in [-0.4, -0.2) is 11.6 Å². The van der Waals surface area contributed by atoms with Crippen LogP contribution in [0.2, 0.25) is 0 Å². The van der Waals surface area contributed by atoms with Crippen molar-refractivity contribution in [1.29, 1.82) is 0 Å². The van der Waals surface area contributed by atoms with Crippen LogP contribution in [0.1, 0.15) is 19.4 Å². The summed E-state index contributed by atoms with van der Waals surface area (Å²) in [5.41, 5.74) is 4.08. The molecule has 0 aliphatic rings. The molecule has 1 aromatic heterocycles. The average Bonchev–Trinajstić information content (AvgIpc) is 2.14. The van der Waals surface area contributed by atoms with Gasteiger partial charge in [-0.3, -0.25) is 4.98 Å². The maximum absolute atomic E-state index is 5.23. The maximum Gasteiger partial charge on any atom is 0.0705 e. The summed E-state index contributed by atoms with van der Waals surface area (Å²) in [6, 6.07) is 3.93. The normalized spacial score (nSPS) is 10.7. The van der Waals surface area contributed by atoms with Gasteiger partial charge in [-0.25, -0.2) is 0 Å². The lowest BCUT2D eigenvalue weighted by Gasteiger charge is -2.07. The number of nitrogens with zero attached hydrogens (tertiary/aromatic N) is 1. The zero-order chi connectivity index (χ0) is 9.52. The van der Waals surface area contributed by atoms with Crippen LogP contribution >= 0.6 is 0 Å². The smallest absolute Gasteiger partial charge is 0.0705 e. The first kappa shape index (κ1) is 10.2. The molecule has 72 valence electrons. The van der Waals surface area contributed by atoms with E-state index in [0.717, 1.165) is 13.2 Å². The zero-order valence-corrected chi connectivity index (χ0v) is 8.16. The summed E-state index contributed by atoms with van der Waals surface area (Å²) in [5, 5.41) is 0. The van der Waals surface area contributed by atoms with Crippen molar-refractivity contribution in [3.05, 3.63) is 30.1 Å². The van der Waals surface area contributed by atoms with Crippen LogP contribution in [0.3, 0.4) is 0 Å². The molecule has 0 radical (unpaired) electrons. The minimum Gasteiger partial charge on any atom is -0.301 e. The predicted molar refractivity (Wildman–Crippen MR) is 51.9 cm³/mol. The molecule has 0 spiro atoms. The van der Waals surface area contributed by atoms with E-state index in [1.54, 1.807) is 12.4 Å². The van der Waals surface area contributed by atoms with Crippen molar-refractivity contribution < 1.29 is 4.84 Å². The first-order valence-electron chi connectivity index (χ1n) is 4.52. The Morgan fingerprint density at radius 3 is 2.69 bits per heavy atom. The third-order valence-electron chi connectivity index (χ3n) is 1.54. The van der Waals surface area contributed by atoms with Gasteiger partial charge in [0.1, 0.15) is 0 Å². The standard InChI is InChI=1S/C10H16N2O/c1-9(2)8-13-12-7-10-3-5-11-6-4-10/h3-6,9,12H,7-8H2,1-2H3. The average molecular weight is 180 g/mol. The highest BCUT2D eigenvalue weighted by atomic mass is 16.6. The van der Waals surface area contributed by atoms with Crippen LogP contribution in [-0.2, 0) is 11.4 Å². The molecule has 0 bridgehead atoms. The molecule has 0 aromatic carbocycles. The molecule has 0 aliphatic carbocycles. The van der Waals surface area contributed by atoms with Gasteiger partial charge in [0.2, 0.25) is 0 Å². The Hall–Kier alpha value is -0.930. The quantitative estimate of drug-likeness (QED) is 0.554. The zero-order valence-electron chi connectivity index (χ0n) is 8.16. The Kier molecular flexibility index (Phi) is 4.43. The van der Waals surface area contributed by atoms with E-state index in [1.165, 1.54) is 5.56 Å². The van der Waals surface area contributed by atoms with E-state index in [4.69, 9.17) is 4.84 Å². The Balaban J connectivity index is 2.13. The molecule has 0 unspecified atom stereocenters. The van der Waals surface area contributed by atoms with Gasteiger partial charge in [0.05, 0.1) is 6.61 Å². The first-order valence-corrected chi connectivity index (χ1v) is 4.52. The molecular formula is C10H16N2O. The summed E-state index contributed by atoms with van der Waals surface area (Å²) in [5.74, 6) is 0.560. The monoisotopic (exact) mass is 180 g/mol. The highest BCUT2D eigenvalue weighted by Crippen LogP contribution is 1.95. The lowest BCUT2D eigenvalue weighted by molar-refractivity contribution is 0.0196. The Bertz CT molecular complexity index is 224. The number of hydrogen-bond acceptors (Lipinski definition) is 3. The van der Waals surface area contributed by atoms with Crippen molar-refractivity contribution in [3.8, 4) is 0 Å². The highest BCUT2D eigenvalue weighted by molar-refractivity contribution is 5.08. The van der Waals surface area contributed by atoms with Gasteiger partial charge in [-0.2, -0.15) is 5.48 Å². The third-order valence-corrected chi connectivity index (χ3v) is 1.54. The number of aromatic nitrogens is 1. The number of hydroxylamine groups is 1. The van der Waals surface area contributed by atoms with Gasteiger partial charge in [-0.05, 0) is 23.6 Å². The molecule has 0 amide bonds. The van der Waals surface area contributed by atoms with Gasteiger partial charge in [0.25, 0.3) is 0 Å². The van der Waals surface area contributed by atoms with Crippen molar-refractivity contribution in [2.45, 2.75) is 20.4 Å². The molecule has 0 atom stereocenters. The molecule has 1 rings (SSSR count). The van der Waals surface area contributed by atoms with Gasteiger partial charge in [0.15, 0.2) is 0 Å². The van der Waals surface area contributed by atoms with E-state index in [9.17, 15) is 0 Å². The molecule has 1 heterocycles.